The van der Waals surface area contributed by atoms with Crippen molar-refractivity contribution in [2.24, 2.45) is 0 Å². The van der Waals surface area contributed by atoms with Crippen LogP contribution in [0.25, 0.3) is 20.9 Å². The SMILES string of the molecule is CCOC(=O)c1c(-c2ccccc2)sc(-c2ccccc2)cc1=O. The maximum Gasteiger partial charge on any atom is 0.343 e. The molecule has 1 aromatic heterocycles. The predicted octanol–water partition coefficient (Wildman–Crippen LogP) is 4.62. The smallest absolute Gasteiger partial charge is 0.343 e. The van der Waals surface area contributed by atoms with Crippen molar-refractivity contribution in [1.82, 2.24) is 0 Å². The number of carbonyl (C=O) groups excluding carboxylic acids is 1. The van der Waals surface area contributed by atoms with Gasteiger partial charge in [0.15, 0.2) is 5.43 Å². The number of benzene rings is 2. The molecule has 0 N–H and O–H groups in total. The van der Waals surface area contributed by atoms with Gasteiger partial charge in [-0.25, -0.2) is 4.79 Å². The zero-order valence-electron chi connectivity index (χ0n) is 13.2. The number of rotatable bonds is 4. The van der Waals surface area contributed by atoms with Crippen molar-refractivity contribution < 1.29 is 9.53 Å². The van der Waals surface area contributed by atoms with Gasteiger partial charge in [0, 0.05) is 10.9 Å². The third kappa shape index (κ3) is 3.29. The molecule has 2 aromatic carbocycles. The Hall–Kier alpha value is -2.72. The first-order valence-electron chi connectivity index (χ1n) is 7.67. The van der Waals surface area contributed by atoms with E-state index >= 15 is 0 Å². The lowest BCUT2D eigenvalue weighted by atomic mass is 10.1. The van der Waals surface area contributed by atoms with Crippen LogP contribution in [0.5, 0.6) is 0 Å². The molecular formula is C20H16O3S. The van der Waals surface area contributed by atoms with Crippen molar-refractivity contribution in [1.29, 1.82) is 0 Å². The molecule has 0 amide bonds. The van der Waals surface area contributed by atoms with E-state index in [0.29, 0.717) is 4.88 Å². The third-order valence-electron chi connectivity index (χ3n) is 3.52. The molecule has 3 rings (SSSR count). The Morgan fingerprint density at radius 3 is 2.12 bits per heavy atom. The minimum atomic E-state index is -0.572. The van der Waals surface area contributed by atoms with E-state index in [0.717, 1.165) is 16.0 Å². The van der Waals surface area contributed by atoms with E-state index < -0.39 is 5.97 Å². The van der Waals surface area contributed by atoms with Gasteiger partial charge in [0.25, 0.3) is 0 Å². The molecule has 0 bridgehead atoms. The van der Waals surface area contributed by atoms with Gasteiger partial charge in [-0.15, -0.1) is 11.3 Å². The standard InChI is InChI=1S/C20H16O3S/c1-2-23-20(22)18-16(21)13-17(14-9-5-3-6-10-14)24-19(18)15-11-7-4-8-12-15/h3-13H,2H2,1H3. The summed E-state index contributed by atoms with van der Waals surface area (Å²) in [6.45, 7) is 1.96. The molecule has 0 saturated carbocycles. The molecular weight excluding hydrogens is 320 g/mol. The second-order valence-electron chi connectivity index (χ2n) is 5.13. The quantitative estimate of drug-likeness (QED) is 0.653. The number of esters is 1. The lowest BCUT2D eigenvalue weighted by Gasteiger charge is -2.10. The van der Waals surface area contributed by atoms with Gasteiger partial charge in [0.1, 0.15) is 5.56 Å². The van der Waals surface area contributed by atoms with Crippen molar-refractivity contribution in [3.05, 3.63) is 82.5 Å². The third-order valence-corrected chi connectivity index (χ3v) is 4.74. The highest BCUT2D eigenvalue weighted by Gasteiger charge is 2.20. The van der Waals surface area contributed by atoms with Crippen LogP contribution in [0.15, 0.2) is 71.5 Å². The second kappa shape index (κ2) is 7.23. The van der Waals surface area contributed by atoms with Crippen LogP contribution < -0.4 is 5.43 Å². The normalized spacial score (nSPS) is 10.4. The van der Waals surface area contributed by atoms with Crippen LogP contribution in [0, 0.1) is 0 Å². The van der Waals surface area contributed by atoms with Gasteiger partial charge in [0.2, 0.25) is 0 Å². The van der Waals surface area contributed by atoms with Crippen LogP contribution in [-0.4, -0.2) is 12.6 Å². The maximum absolute atomic E-state index is 12.6. The molecule has 0 aliphatic heterocycles. The molecule has 3 aromatic rings. The average Bonchev–Trinajstić information content (AvgIpc) is 2.62. The molecule has 0 aliphatic carbocycles. The van der Waals surface area contributed by atoms with Gasteiger partial charge >= 0.3 is 5.97 Å². The summed E-state index contributed by atoms with van der Waals surface area (Å²) in [5.41, 5.74) is 1.57. The molecule has 4 heteroatoms. The molecule has 0 fully saturated rings. The fraction of sp³-hybridized carbons (Fsp3) is 0.100. The van der Waals surface area contributed by atoms with Crippen molar-refractivity contribution in [2.45, 2.75) is 6.92 Å². The average molecular weight is 336 g/mol. The van der Waals surface area contributed by atoms with Gasteiger partial charge in [0.05, 0.1) is 11.5 Å². The van der Waals surface area contributed by atoms with E-state index in [4.69, 9.17) is 4.74 Å². The highest BCUT2D eigenvalue weighted by molar-refractivity contribution is 7.18. The first-order valence-corrected chi connectivity index (χ1v) is 8.48. The largest absolute Gasteiger partial charge is 0.462 e. The Balaban J connectivity index is 2.24. The van der Waals surface area contributed by atoms with E-state index in [1.807, 2.05) is 60.7 Å². The number of carbonyl (C=O) groups is 1. The van der Waals surface area contributed by atoms with Crippen LogP contribution in [0.1, 0.15) is 17.3 Å². The highest BCUT2D eigenvalue weighted by atomic mass is 32.1. The highest BCUT2D eigenvalue weighted by Crippen LogP contribution is 2.33. The Bertz CT molecular complexity index is 899. The van der Waals surface area contributed by atoms with Gasteiger partial charge in [-0.2, -0.15) is 0 Å². The lowest BCUT2D eigenvalue weighted by Crippen LogP contribution is -2.17. The van der Waals surface area contributed by atoms with Gasteiger partial charge < -0.3 is 4.74 Å². The molecule has 0 spiro atoms. The topological polar surface area (TPSA) is 43.4 Å². The Kier molecular flexibility index (Phi) is 4.87. The second-order valence-corrected chi connectivity index (χ2v) is 6.18. The Labute approximate surface area is 144 Å². The molecule has 3 nitrogen and oxygen atoms in total. The van der Waals surface area contributed by atoms with Gasteiger partial charge in [-0.05, 0) is 18.1 Å². The van der Waals surface area contributed by atoms with Crippen LogP contribution in [0.3, 0.4) is 0 Å². The van der Waals surface area contributed by atoms with Crippen LogP contribution in [0.4, 0.5) is 0 Å². The summed E-state index contributed by atoms with van der Waals surface area (Å²) in [6.07, 6.45) is 0. The van der Waals surface area contributed by atoms with Crippen LogP contribution >= 0.6 is 11.3 Å². The molecule has 0 radical (unpaired) electrons. The number of hydrogen-bond acceptors (Lipinski definition) is 4. The van der Waals surface area contributed by atoms with Crippen LogP contribution in [-0.2, 0) is 4.74 Å². The molecule has 0 unspecified atom stereocenters. The summed E-state index contributed by atoms with van der Waals surface area (Å²) in [7, 11) is 0. The Morgan fingerprint density at radius 2 is 1.54 bits per heavy atom. The van der Waals surface area contributed by atoms with E-state index in [2.05, 4.69) is 0 Å². The zero-order valence-corrected chi connectivity index (χ0v) is 14.0. The maximum atomic E-state index is 12.6. The van der Waals surface area contributed by atoms with E-state index in [1.165, 1.54) is 17.4 Å². The first-order chi connectivity index (χ1) is 11.7. The fourth-order valence-corrected chi connectivity index (χ4v) is 3.61. The summed E-state index contributed by atoms with van der Waals surface area (Å²) in [5, 5.41) is 0. The monoisotopic (exact) mass is 336 g/mol. The summed E-state index contributed by atoms with van der Waals surface area (Å²) in [5.74, 6) is -0.572. The zero-order chi connectivity index (χ0) is 16.9. The lowest BCUT2D eigenvalue weighted by molar-refractivity contribution is 0.0526. The predicted molar refractivity (Wildman–Crippen MR) is 97.4 cm³/mol. The number of ether oxygens (including phenoxy) is 1. The van der Waals surface area contributed by atoms with Crippen LogP contribution in [0.2, 0.25) is 0 Å². The molecule has 120 valence electrons. The van der Waals surface area contributed by atoms with Crippen molar-refractivity contribution in [2.75, 3.05) is 6.61 Å². The number of hydrogen-bond donors (Lipinski definition) is 0. The minimum absolute atomic E-state index is 0.104. The molecule has 1 heterocycles. The molecule has 0 atom stereocenters. The minimum Gasteiger partial charge on any atom is -0.462 e. The van der Waals surface area contributed by atoms with Crippen molar-refractivity contribution >= 4 is 17.3 Å². The summed E-state index contributed by atoms with van der Waals surface area (Å²) in [4.78, 5) is 26.4. The van der Waals surface area contributed by atoms with Gasteiger partial charge in [-0.3, -0.25) is 4.79 Å². The summed E-state index contributed by atoms with van der Waals surface area (Å²) in [6, 6.07) is 20.6. The molecule has 0 saturated heterocycles. The van der Waals surface area contributed by atoms with Crippen molar-refractivity contribution in [3.63, 3.8) is 0 Å². The first kappa shape index (κ1) is 16.1. The van der Waals surface area contributed by atoms with E-state index in [-0.39, 0.29) is 17.6 Å². The molecule has 0 aliphatic rings. The Morgan fingerprint density at radius 1 is 0.958 bits per heavy atom. The molecule has 24 heavy (non-hydrogen) atoms. The summed E-state index contributed by atoms with van der Waals surface area (Å²) < 4.78 is 5.08. The van der Waals surface area contributed by atoms with Gasteiger partial charge in [-0.1, -0.05) is 60.7 Å². The fourth-order valence-electron chi connectivity index (χ4n) is 2.43. The summed E-state index contributed by atoms with van der Waals surface area (Å²) >= 11 is 1.42. The van der Waals surface area contributed by atoms with E-state index in [1.54, 1.807) is 6.92 Å². The van der Waals surface area contributed by atoms with E-state index in [9.17, 15) is 9.59 Å². The van der Waals surface area contributed by atoms with Crippen molar-refractivity contribution in [3.8, 4) is 20.9 Å².